The van der Waals surface area contributed by atoms with Crippen LogP contribution < -0.4 is 10.2 Å². The molecule has 1 heterocycles. The zero-order valence-electron chi connectivity index (χ0n) is 12.9. The summed E-state index contributed by atoms with van der Waals surface area (Å²) in [5.41, 5.74) is 0.222. The van der Waals surface area contributed by atoms with Gasteiger partial charge in [-0.15, -0.1) is 0 Å². The van der Waals surface area contributed by atoms with Crippen molar-refractivity contribution in [3.8, 4) is 0 Å². The molecule has 0 saturated heterocycles. The SMILES string of the molecule is CCOCc1nc(NC)cc(N(C)CC(C)(C)C)n1. The summed E-state index contributed by atoms with van der Waals surface area (Å²) in [5.74, 6) is 2.45. The van der Waals surface area contributed by atoms with Crippen LogP contribution in [0.5, 0.6) is 0 Å². The average Bonchev–Trinajstić information content (AvgIpc) is 2.33. The van der Waals surface area contributed by atoms with Crippen molar-refractivity contribution in [3.63, 3.8) is 0 Å². The van der Waals surface area contributed by atoms with Crippen molar-refractivity contribution in [1.82, 2.24) is 9.97 Å². The molecule has 1 rings (SSSR count). The third-order valence-electron chi connectivity index (χ3n) is 2.55. The predicted molar refractivity (Wildman–Crippen MR) is 79.6 cm³/mol. The van der Waals surface area contributed by atoms with Gasteiger partial charge in [0.15, 0.2) is 5.82 Å². The highest BCUT2D eigenvalue weighted by atomic mass is 16.5. The van der Waals surface area contributed by atoms with Crippen molar-refractivity contribution in [2.75, 3.05) is 37.5 Å². The number of rotatable bonds is 6. The van der Waals surface area contributed by atoms with Crippen LogP contribution >= 0.6 is 0 Å². The summed E-state index contributed by atoms with van der Waals surface area (Å²) < 4.78 is 5.38. The highest BCUT2D eigenvalue weighted by Gasteiger charge is 2.16. The summed E-state index contributed by atoms with van der Waals surface area (Å²) in [5, 5.41) is 3.07. The van der Waals surface area contributed by atoms with Crippen molar-refractivity contribution < 1.29 is 4.74 Å². The van der Waals surface area contributed by atoms with E-state index >= 15 is 0 Å². The molecule has 0 aliphatic rings. The van der Waals surface area contributed by atoms with E-state index in [2.05, 4.69) is 48.0 Å². The molecule has 0 amide bonds. The Hall–Kier alpha value is -1.36. The summed E-state index contributed by atoms with van der Waals surface area (Å²) in [6.07, 6.45) is 0. The van der Waals surface area contributed by atoms with Crippen LogP contribution in [-0.4, -0.2) is 37.2 Å². The van der Waals surface area contributed by atoms with E-state index in [1.807, 2.05) is 20.0 Å². The van der Waals surface area contributed by atoms with Gasteiger partial charge in [0.25, 0.3) is 0 Å². The minimum atomic E-state index is 0.222. The Balaban J connectivity index is 2.92. The standard InChI is InChI=1S/C14H26N4O/c1-7-19-9-12-16-11(15-5)8-13(17-12)18(6)10-14(2,3)4/h8H,7,9-10H2,1-6H3,(H,15,16,17). The summed E-state index contributed by atoms with van der Waals surface area (Å²) in [7, 11) is 3.91. The van der Waals surface area contributed by atoms with Gasteiger partial charge in [0, 0.05) is 33.3 Å². The van der Waals surface area contributed by atoms with Crippen LogP contribution in [0.3, 0.4) is 0 Å². The molecule has 5 heteroatoms. The molecule has 0 aliphatic carbocycles. The van der Waals surface area contributed by atoms with Crippen LogP contribution in [0, 0.1) is 5.41 Å². The zero-order chi connectivity index (χ0) is 14.5. The molecule has 0 unspecified atom stereocenters. The predicted octanol–water partition coefficient (Wildman–Crippen LogP) is 2.54. The van der Waals surface area contributed by atoms with Crippen LogP contribution in [0.4, 0.5) is 11.6 Å². The topological polar surface area (TPSA) is 50.3 Å². The Morgan fingerprint density at radius 3 is 2.53 bits per heavy atom. The minimum Gasteiger partial charge on any atom is -0.374 e. The van der Waals surface area contributed by atoms with Crippen LogP contribution in [0.2, 0.25) is 0 Å². The van der Waals surface area contributed by atoms with Crippen molar-refractivity contribution in [1.29, 1.82) is 0 Å². The minimum absolute atomic E-state index is 0.222. The van der Waals surface area contributed by atoms with Gasteiger partial charge >= 0.3 is 0 Å². The lowest BCUT2D eigenvalue weighted by atomic mass is 9.96. The highest BCUT2D eigenvalue weighted by Crippen LogP contribution is 2.20. The first kappa shape index (κ1) is 15.7. The molecule has 0 radical (unpaired) electrons. The molecular formula is C14H26N4O. The molecule has 0 atom stereocenters. The Bertz CT molecular complexity index is 401. The smallest absolute Gasteiger partial charge is 0.158 e. The second-order valence-electron chi connectivity index (χ2n) is 5.83. The fourth-order valence-electron chi connectivity index (χ4n) is 1.86. The van der Waals surface area contributed by atoms with Crippen LogP contribution in [-0.2, 0) is 11.3 Å². The van der Waals surface area contributed by atoms with Crippen LogP contribution in [0.15, 0.2) is 6.07 Å². The Morgan fingerprint density at radius 1 is 1.32 bits per heavy atom. The van der Waals surface area contributed by atoms with E-state index in [1.54, 1.807) is 0 Å². The number of nitrogens with one attached hydrogen (secondary N) is 1. The maximum Gasteiger partial charge on any atom is 0.158 e. The second kappa shape index (κ2) is 6.70. The highest BCUT2D eigenvalue weighted by molar-refractivity contribution is 5.48. The van der Waals surface area contributed by atoms with Crippen LogP contribution in [0.25, 0.3) is 0 Å². The van der Waals surface area contributed by atoms with Gasteiger partial charge in [-0.05, 0) is 12.3 Å². The number of anilines is 2. The summed E-state index contributed by atoms with van der Waals surface area (Å²) >= 11 is 0. The molecule has 108 valence electrons. The molecule has 1 aromatic rings. The first-order valence-corrected chi connectivity index (χ1v) is 6.70. The van der Waals surface area contributed by atoms with Gasteiger partial charge < -0.3 is 15.0 Å². The van der Waals surface area contributed by atoms with Gasteiger partial charge in [0.05, 0.1) is 0 Å². The maximum atomic E-state index is 5.38. The maximum absolute atomic E-state index is 5.38. The molecule has 0 aromatic carbocycles. The third kappa shape index (κ3) is 5.42. The van der Waals surface area contributed by atoms with E-state index in [4.69, 9.17) is 4.74 Å². The van der Waals surface area contributed by atoms with Gasteiger partial charge in [-0.2, -0.15) is 0 Å². The van der Waals surface area contributed by atoms with E-state index in [9.17, 15) is 0 Å². The molecule has 19 heavy (non-hydrogen) atoms. The van der Waals surface area contributed by atoms with E-state index < -0.39 is 0 Å². The first-order chi connectivity index (χ1) is 8.85. The lowest BCUT2D eigenvalue weighted by Gasteiger charge is -2.27. The molecule has 0 saturated carbocycles. The average molecular weight is 266 g/mol. The lowest BCUT2D eigenvalue weighted by molar-refractivity contribution is 0.128. The molecule has 1 aromatic heterocycles. The quantitative estimate of drug-likeness (QED) is 0.857. The van der Waals surface area contributed by atoms with Crippen molar-refractivity contribution in [2.24, 2.45) is 5.41 Å². The Labute approximate surface area is 116 Å². The monoisotopic (exact) mass is 266 g/mol. The van der Waals surface area contributed by atoms with Crippen molar-refractivity contribution in [3.05, 3.63) is 11.9 Å². The van der Waals surface area contributed by atoms with Gasteiger partial charge in [0.1, 0.15) is 18.2 Å². The zero-order valence-corrected chi connectivity index (χ0v) is 12.9. The summed E-state index contributed by atoms with van der Waals surface area (Å²) in [4.78, 5) is 11.1. The molecule has 0 fully saturated rings. The fourth-order valence-corrected chi connectivity index (χ4v) is 1.86. The summed E-state index contributed by atoms with van der Waals surface area (Å²) in [6, 6.07) is 1.96. The normalized spacial score (nSPS) is 11.5. The first-order valence-electron chi connectivity index (χ1n) is 6.70. The fraction of sp³-hybridized carbons (Fsp3) is 0.714. The van der Waals surface area contributed by atoms with E-state index in [1.165, 1.54) is 0 Å². The van der Waals surface area contributed by atoms with Gasteiger partial charge in [-0.3, -0.25) is 0 Å². The van der Waals surface area contributed by atoms with Crippen LogP contribution in [0.1, 0.15) is 33.5 Å². The number of hydrogen-bond acceptors (Lipinski definition) is 5. The summed E-state index contributed by atoms with van der Waals surface area (Å²) in [6.45, 7) is 10.7. The molecule has 1 N–H and O–H groups in total. The number of aromatic nitrogens is 2. The van der Waals surface area contributed by atoms with Gasteiger partial charge in [-0.25, -0.2) is 9.97 Å². The molecule has 5 nitrogen and oxygen atoms in total. The van der Waals surface area contributed by atoms with Gasteiger partial charge in [0.2, 0.25) is 0 Å². The van der Waals surface area contributed by atoms with Crippen molar-refractivity contribution in [2.45, 2.75) is 34.3 Å². The second-order valence-corrected chi connectivity index (χ2v) is 5.83. The Kier molecular flexibility index (Phi) is 5.54. The number of nitrogens with zero attached hydrogens (tertiary/aromatic N) is 3. The Morgan fingerprint density at radius 2 is 2.00 bits per heavy atom. The molecule has 0 spiro atoms. The van der Waals surface area contributed by atoms with E-state index in [-0.39, 0.29) is 5.41 Å². The third-order valence-corrected chi connectivity index (χ3v) is 2.55. The number of ether oxygens (including phenoxy) is 1. The number of hydrogen-bond donors (Lipinski definition) is 1. The lowest BCUT2D eigenvalue weighted by Crippen LogP contribution is -2.30. The molecular weight excluding hydrogens is 240 g/mol. The molecule has 0 bridgehead atoms. The van der Waals surface area contributed by atoms with Crippen molar-refractivity contribution >= 4 is 11.6 Å². The largest absolute Gasteiger partial charge is 0.374 e. The molecule has 0 aliphatic heterocycles. The van der Waals surface area contributed by atoms with E-state index in [0.29, 0.717) is 19.0 Å². The van der Waals surface area contributed by atoms with Gasteiger partial charge in [-0.1, -0.05) is 20.8 Å². The van der Waals surface area contributed by atoms with E-state index in [0.717, 1.165) is 18.2 Å².